The van der Waals surface area contributed by atoms with E-state index in [-0.39, 0.29) is 11.9 Å². The topological polar surface area (TPSA) is 66.5 Å². The van der Waals surface area contributed by atoms with Crippen LogP contribution in [-0.2, 0) is 6.42 Å². The van der Waals surface area contributed by atoms with Crippen LogP contribution < -0.4 is 5.32 Å². The maximum atomic E-state index is 13.2. The molecule has 1 atom stereocenters. The van der Waals surface area contributed by atoms with Crippen molar-refractivity contribution in [1.29, 1.82) is 0 Å². The van der Waals surface area contributed by atoms with Gasteiger partial charge in [0, 0.05) is 41.1 Å². The molecule has 0 amide bonds. The van der Waals surface area contributed by atoms with E-state index in [1.807, 2.05) is 25.4 Å². The molecule has 28 heavy (non-hydrogen) atoms. The molecule has 0 aliphatic rings. The van der Waals surface area contributed by atoms with Crippen molar-refractivity contribution in [3.05, 3.63) is 70.9 Å². The lowest BCUT2D eigenvalue weighted by Crippen LogP contribution is -2.11. The normalized spacial score (nSPS) is 12.3. The second kappa shape index (κ2) is 7.56. The first-order chi connectivity index (χ1) is 13.5. The minimum absolute atomic E-state index is 0.0345. The highest BCUT2D eigenvalue weighted by molar-refractivity contribution is 6.31. The van der Waals surface area contributed by atoms with Crippen molar-refractivity contribution >= 4 is 28.5 Å². The molecule has 0 saturated heterocycles. The maximum absolute atomic E-state index is 13.2. The predicted octanol–water partition coefficient (Wildman–Crippen LogP) is 5.55. The number of pyridine rings is 1. The van der Waals surface area contributed by atoms with Gasteiger partial charge in [-0.15, -0.1) is 0 Å². The smallest absolute Gasteiger partial charge is 0.163 e. The third-order valence-corrected chi connectivity index (χ3v) is 4.91. The zero-order chi connectivity index (χ0) is 19.7. The highest BCUT2D eigenvalue weighted by Gasteiger charge is 2.15. The van der Waals surface area contributed by atoms with Crippen LogP contribution in [0.5, 0.6) is 0 Å². The first-order valence-electron chi connectivity index (χ1n) is 9.06. The molecular formula is C21H19ClFN5. The zero-order valence-corrected chi connectivity index (χ0v) is 16.3. The molecule has 0 radical (unpaired) electrons. The molecule has 5 nitrogen and oxygen atoms in total. The van der Waals surface area contributed by atoms with Gasteiger partial charge in [0.05, 0.1) is 5.02 Å². The Balaban J connectivity index is 1.71. The SMILES string of the molecule is CCc1cnc(-c2c[nH]c3ncc(Cl)cc23)nc1N[C@@H](C)c1ccc(F)cc1. The lowest BCUT2D eigenvalue weighted by Gasteiger charge is -2.17. The number of aromatic nitrogens is 4. The minimum atomic E-state index is -0.249. The Morgan fingerprint density at radius 3 is 2.71 bits per heavy atom. The van der Waals surface area contributed by atoms with Gasteiger partial charge in [-0.05, 0) is 37.1 Å². The lowest BCUT2D eigenvalue weighted by molar-refractivity contribution is 0.626. The van der Waals surface area contributed by atoms with Crippen LogP contribution in [0.1, 0.15) is 31.0 Å². The molecule has 4 aromatic rings. The summed E-state index contributed by atoms with van der Waals surface area (Å²) in [5.74, 6) is 1.09. The zero-order valence-electron chi connectivity index (χ0n) is 15.5. The number of anilines is 1. The Hall–Kier alpha value is -2.99. The average Bonchev–Trinajstić information content (AvgIpc) is 3.11. The quantitative estimate of drug-likeness (QED) is 0.465. The van der Waals surface area contributed by atoms with Crippen molar-refractivity contribution in [2.24, 2.45) is 0 Å². The Kier molecular flexibility index (Phi) is 4.96. The third-order valence-electron chi connectivity index (χ3n) is 4.71. The molecule has 3 aromatic heterocycles. The van der Waals surface area contributed by atoms with Crippen molar-refractivity contribution in [2.45, 2.75) is 26.3 Å². The van der Waals surface area contributed by atoms with Gasteiger partial charge >= 0.3 is 0 Å². The Bertz CT molecular complexity index is 1120. The van der Waals surface area contributed by atoms with Gasteiger partial charge in [0.15, 0.2) is 5.82 Å². The molecule has 4 rings (SSSR count). The number of halogens is 2. The molecule has 0 saturated carbocycles. The highest BCUT2D eigenvalue weighted by Crippen LogP contribution is 2.29. The number of hydrogen-bond donors (Lipinski definition) is 2. The summed E-state index contributed by atoms with van der Waals surface area (Å²) in [5, 5.41) is 4.86. The number of hydrogen-bond acceptors (Lipinski definition) is 4. The molecule has 0 aliphatic heterocycles. The summed E-state index contributed by atoms with van der Waals surface area (Å²) in [6, 6.07) is 8.28. The molecule has 0 aliphatic carbocycles. The number of nitrogens with one attached hydrogen (secondary N) is 2. The van der Waals surface area contributed by atoms with Crippen molar-refractivity contribution in [1.82, 2.24) is 19.9 Å². The largest absolute Gasteiger partial charge is 0.363 e. The summed E-state index contributed by atoms with van der Waals surface area (Å²) >= 11 is 6.11. The van der Waals surface area contributed by atoms with E-state index in [1.54, 1.807) is 18.3 Å². The summed E-state index contributed by atoms with van der Waals surface area (Å²) in [5.41, 5.74) is 3.56. The van der Waals surface area contributed by atoms with Crippen molar-refractivity contribution in [3.63, 3.8) is 0 Å². The molecule has 7 heteroatoms. The van der Waals surface area contributed by atoms with Crippen molar-refractivity contribution in [3.8, 4) is 11.4 Å². The van der Waals surface area contributed by atoms with Crippen molar-refractivity contribution in [2.75, 3.05) is 5.32 Å². The Morgan fingerprint density at radius 1 is 1.18 bits per heavy atom. The molecule has 0 unspecified atom stereocenters. The Morgan fingerprint density at radius 2 is 1.96 bits per heavy atom. The van der Waals surface area contributed by atoms with Crippen molar-refractivity contribution < 1.29 is 4.39 Å². The van der Waals surface area contributed by atoms with Gasteiger partial charge in [-0.25, -0.2) is 19.3 Å². The summed E-state index contributed by atoms with van der Waals surface area (Å²) < 4.78 is 13.2. The second-order valence-electron chi connectivity index (χ2n) is 6.59. The first kappa shape index (κ1) is 18.4. The van der Waals surface area contributed by atoms with Gasteiger partial charge in [0.1, 0.15) is 17.3 Å². The lowest BCUT2D eigenvalue weighted by atomic mass is 10.1. The van der Waals surface area contributed by atoms with E-state index < -0.39 is 0 Å². The monoisotopic (exact) mass is 395 g/mol. The highest BCUT2D eigenvalue weighted by atomic mass is 35.5. The fourth-order valence-electron chi connectivity index (χ4n) is 3.12. The van der Waals surface area contributed by atoms with Crippen LogP contribution in [0.25, 0.3) is 22.4 Å². The fourth-order valence-corrected chi connectivity index (χ4v) is 3.28. The van der Waals surface area contributed by atoms with E-state index in [2.05, 4.69) is 27.2 Å². The van der Waals surface area contributed by atoms with Crippen LogP contribution in [0.2, 0.25) is 5.02 Å². The summed E-state index contributed by atoms with van der Waals surface area (Å²) in [7, 11) is 0. The Labute approximate surface area is 167 Å². The number of H-pyrrole nitrogens is 1. The molecule has 0 spiro atoms. The fraction of sp³-hybridized carbons (Fsp3) is 0.190. The van der Waals surface area contributed by atoms with E-state index in [4.69, 9.17) is 16.6 Å². The molecule has 142 valence electrons. The third kappa shape index (κ3) is 3.55. The van der Waals surface area contributed by atoms with Gasteiger partial charge in [0.2, 0.25) is 0 Å². The van der Waals surface area contributed by atoms with Crippen LogP contribution in [0.15, 0.2) is 48.9 Å². The average molecular weight is 396 g/mol. The van der Waals surface area contributed by atoms with E-state index in [0.29, 0.717) is 10.8 Å². The standard InChI is InChI=1S/C21H19ClFN5/c1-3-13-9-24-21(18-11-26-20-17(18)8-15(22)10-25-20)28-19(13)27-12(2)14-4-6-16(23)7-5-14/h4-12H,3H2,1-2H3,(H,25,26)(H,24,27,28)/t12-/m0/s1. The molecule has 3 heterocycles. The number of aryl methyl sites for hydroxylation is 1. The number of nitrogens with zero attached hydrogens (tertiary/aromatic N) is 3. The van der Waals surface area contributed by atoms with E-state index in [1.165, 1.54) is 12.1 Å². The van der Waals surface area contributed by atoms with Crippen LogP contribution in [0.4, 0.5) is 10.2 Å². The molecule has 2 N–H and O–H groups in total. The van der Waals surface area contributed by atoms with E-state index in [9.17, 15) is 4.39 Å². The van der Waals surface area contributed by atoms with Crippen LogP contribution in [0, 0.1) is 5.82 Å². The maximum Gasteiger partial charge on any atom is 0.163 e. The van der Waals surface area contributed by atoms with Gasteiger partial charge in [-0.2, -0.15) is 0 Å². The van der Waals surface area contributed by atoms with Gasteiger partial charge in [-0.3, -0.25) is 0 Å². The molecule has 0 fully saturated rings. The first-order valence-corrected chi connectivity index (χ1v) is 9.44. The number of rotatable bonds is 5. The van der Waals surface area contributed by atoms with Crippen LogP contribution in [0.3, 0.4) is 0 Å². The number of benzene rings is 1. The number of aromatic amines is 1. The molecular weight excluding hydrogens is 377 g/mol. The summed E-state index contributed by atoms with van der Waals surface area (Å²) in [6.07, 6.45) is 6.06. The van der Waals surface area contributed by atoms with E-state index >= 15 is 0 Å². The van der Waals surface area contributed by atoms with Crippen LogP contribution >= 0.6 is 11.6 Å². The predicted molar refractivity (Wildman–Crippen MR) is 110 cm³/mol. The second-order valence-corrected chi connectivity index (χ2v) is 7.03. The minimum Gasteiger partial charge on any atom is -0.363 e. The number of fused-ring (bicyclic) bond motifs is 1. The van der Waals surface area contributed by atoms with E-state index in [0.717, 1.165) is 40.0 Å². The van der Waals surface area contributed by atoms with Gasteiger partial charge < -0.3 is 10.3 Å². The summed E-state index contributed by atoms with van der Waals surface area (Å²) in [6.45, 7) is 4.07. The summed E-state index contributed by atoms with van der Waals surface area (Å²) in [4.78, 5) is 16.7. The molecule has 1 aromatic carbocycles. The van der Waals surface area contributed by atoms with Crippen LogP contribution in [-0.4, -0.2) is 19.9 Å². The van der Waals surface area contributed by atoms with Gasteiger partial charge in [0.25, 0.3) is 0 Å². The molecule has 0 bridgehead atoms. The van der Waals surface area contributed by atoms with Gasteiger partial charge in [-0.1, -0.05) is 30.7 Å².